The normalized spacial score (nSPS) is 9.56. The van der Waals surface area contributed by atoms with Gasteiger partial charge in [-0.3, -0.25) is 0 Å². The van der Waals surface area contributed by atoms with Gasteiger partial charge in [0.1, 0.15) is 0 Å². The molecule has 0 aliphatic rings. The van der Waals surface area contributed by atoms with Crippen LogP contribution < -0.4 is 10.5 Å². The molecule has 2 N–H and O–H groups in total. The first-order chi connectivity index (χ1) is 4.20. The van der Waals surface area contributed by atoms with E-state index in [-0.39, 0.29) is 0 Å². The minimum Gasteiger partial charge on any atom is -0.205 e. The van der Waals surface area contributed by atoms with E-state index < -0.39 is 0 Å². The first kappa shape index (κ1) is 6.55. The fourth-order valence-electron chi connectivity index (χ4n) is 0.553. The zero-order chi connectivity index (χ0) is 6.85. The lowest BCUT2D eigenvalue weighted by Crippen LogP contribution is -2.43. The Morgan fingerprint density at radius 2 is 2.33 bits per heavy atom. The van der Waals surface area contributed by atoms with Crippen LogP contribution in [0, 0.1) is 6.92 Å². The number of nitrogen functional groups attached to an aromatic ring is 1. The molecule has 0 aliphatic carbocycles. The summed E-state index contributed by atoms with van der Waals surface area (Å²) in [5.41, 5.74) is 1.19. The number of rotatable bonds is 0. The molecule has 0 radical (unpaired) electrons. The molecule has 1 rings (SSSR count). The van der Waals surface area contributed by atoms with Gasteiger partial charge in [0.05, 0.1) is 4.47 Å². The van der Waals surface area contributed by atoms with E-state index >= 15 is 0 Å². The van der Waals surface area contributed by atoms with Gasteiger partial charge in [-0.25, -0.2) is 5.84 Å². The average Bonchev–Trinajstić information content (AvgIpc) is 1.80. The molecule has 1 heterocycles. The third-order valence-electron chi connectivity index (χ3n) is 1.14. The van der Waals surface area contributed by atoms with Crippen molar-refractivity contribution in [2.24, 2.45) is 0 Å². The van der Waals surface area contributed by atoms with E-state index in [0.29, 0.717) is 0 Å². The van der Waals surface area contributed by atoms with E-state index in [4.69, 9.17) is 5.84 Å². The van der Waals surface area contributed by atoms with Gasteiger partial charge in [0, 0.05) is 6.07 Å². The molecule has 0 bridgehead atoms. The average molecular weight is 188 g/mol. The Balaban J connectivity index is 3.17. The van der Waals surface area contributed by atoms with Gasteiger partial charge < -0.3 is 0 Å². The molecule has 0 fully saturated rings. The largest absolute Gasteiger partial charge is 0.213 e. The van der Waals surface area contributed by atoms with Gasteiger partial charge in [-0.05, 0) is 28.4 Å². The van der Waals surface area contributed by atoms with Crippen LogP contribution in [0.4, 0.5) is 0 Å². The number of hydrogen-bond acceptors (Lipinski definition) is 1. The van der Waals surface area contributed by atoms with Crippen molar-refractivity contribution in [2.75, 3.05) is 5.84 Å². The second-order valence-electron chi connectivity index (χ2n) is 1.92. The summed E-state index contributed by atoms with van der Waals surface area (Å²) in [5, 5.41) is 0. The quantitative estimate of drug-likeness (QED) is 0.472. The summed E-state index contributed by atoms with van der Waals surface area (Å²) in [6, 6.07) is 1.95. The Hall–Kier alpha value is -0.570. The number of aryl methyl sites for hydroxylation is 1. The molecule has 48 valence electrons. The van der Waals surface area contributed by atoms with Crippen LogP contribution in [0.15, 0.2) is 22.9 Å². The van der Waals surface area contributed by atoms with E-state index in [1.807, 2.05) is 19.2 Å². The number of pyridine rings is 1. The van der Waals surface area contributed by atoms with Crippen LogP contribution in [0.1, 0.15) is 5.56 Å². The highest BCUT2D eigenvalue weighted by Gasteiger charge is 1.97. The minimum absolute atomic E-state index is 1.03. The van der Waals surface area contributed by atoms with Crippen molar-refractivity contribution in [3.05, 3.63) is 28.5 Å². The number of hydrogen-bond donors (Lipinski definition) is 1. The smallest absolute Gasteiger partial charge is 0.205 e. The number of aromatic nitrogens is 1. The molecule has 0 saturated heterocycles. The molecule has 1 aromatic rings. The molecule has 0 aliphatic heterocycles. The Morgan fingerprint density at radius 1 is 1.67 bits per heavy atom. The molecule has 2 nitrogen and oxygen atoms in total. The van der Waals surface area contributed by atoms with E-state index in [1.165, 1.54) is 10.2 Å². The van der Waals surface area contributed by atoms with Crippen molar-refractivity contribution in [2.45, 2.75) is 6.92 Å². The summed E-state index contributed by atoms with van der Waals surface area (Å²) in [5.74, 6) is 5.41. The third-order valence-corrected chi connectivity index (χ3v) is 1.97. The molecule has 0 amide bonds. The highest BCUT2D eigenvalue weighted by molar-refractivity contribution is 9.10. The van der Waals surface area contributed by atoms with Crippen LogP contribution in [-0.4, -0.2) is 0 Å². The molecule has 0 aromatic carbocycles. The topological polar surface area (TPSA) is 29.9 Å². The molecule has 0 unspecified atom stereocenters. The van der Waals surface area contributed by atoms with Gasteiger partial charge >= 0.3 is 0 Å². The first-order valence-corrected chi connectivity index (χ1v) is 3.42. The van der Waals surface area contributed by atoms with Crippen molar-refractivity contribution in [3.8, 4) is 0 Å². The summed E-state index contributed by atoms with van der Waals surface area (Å²) in [6.45, 7) is 2.02. The van der Waals surface area contributed by atoms with Crippen molar-refractivity contribution in [1.29, 1.82) is 0 Å². The zero-order valence-corrected chi connectivity index (χ0v) is 6.72. The van der Waals surface area contributed by atoms with E-state index in [2.05, 4.69) is 15.9 Å². The van der Waals surface area contributed by atoms with Crippen LogP contribution in [0.5, 0.6) is 0 Å². The Morgan fingerprint density at radius 3 is 2.78 bits per heavy atom. The molecule has 0 saturated carbocycles. The summed E-state index contributed by atoms with van der Waals surface area (Å²) >= 11 is 3.35. The van der Waals surface area contributed by atoms with E-state index in [9.17, 15) is 0 Å². The van der Waals surface area contributed by atoms with Crippen LogP contribution in [0.25, 0.3) is 0 Å². The van der Waals surface area contributed by atoms with Crippen molar-refractivity contribution in [3.63, 3.8) is 0 Å². The van der Waals surface area contributed by atoms with Gasteiger partial charge in [-0.2, -0.15) is 0 Å². The second kappa shape index (κ2) is 2.35. The molecule has 1 aromatic heterocycles. The Bertz CT molecular complexity index is 222. The summed E-state index contributed by atoms with van der Waals surface area (Å²) < 4.78 is 2.55. The van der Waals surface area contributed by atoms with Crippen molar-refractivity contribution >= 4 is 15.9 Å². The maximum atomic E-state index is 5.41. The summed E-state index contributed by atoms with van der Waals surface area (Å²) in [4.78, 5) is 0. The highest BCUT2D eigenvalue weighted by Crippen LogP contribution is 2.10. The second-order valence-corrected chi connectivity index (χ2v) is 2.78. The van der Waals surface area contributed by atoms with Gasteiger partial charge in [-0.15, -0.1) is 0 Å². The van der Waals surface area contributed by atoms with Gasteiger partial charge in [0.25, 0.3) is 0 Å². The molecule has 0 spiro atoms. The predicted molar refractivity (Wildman–Crippen MR) is 39.2 cm³/mol. The standard InChI is InChI=1S/C6H8BrN2/c1-5-2-3-9(8)4-6(5)7/h2-4H,8H2,1H3/q+1. The van der Waals surface area contributed by atoms with Gasteiger partial charge in [-0.1, -0.05) is 4.68 Å². The SMILES string of the molecule is Cc1cc[n+](N)cc1Br. The summed E-state index contributed by atoms with van der Waals surface area (Å²) in [7, 11) is 0. The van der Waals surface area contributed by atoms with Crippen LogP contribution in [0.3, 0.4) is 0 Å². The molecule has 9 heavy (non-hydrogen) atoms. The number of halogens is 1. The highest BCUT2D eigenvalue weighted by atomic mass is 79.9. The molecular formula is C6H8BrN2+. The van der Waals surface area contributed by atoms with E-state index in [1.54, 1.807) is 6.20 Å². The molecular weight excluding hydrogens is 180 g/mol. The fraction of sp³-hybridized carbons (Fsp3) is 0.167. The van der Waals surface area contributed by atoms with Gasteiger partial charge in [0.2, 0.25) is 6.20 Å². The minimum atomic E-state index is 1.03. The number of nitrogens with two attached hydrogens (primary N) is 1. The van der Waals surface area contributed by atoms with Crippen molar-refractivity contribution < 1.29 is 4.68 Å². The van der Waals surface area contributed by atoms with Crippen LogP contribution in [0.2, 0.25) is 0 Å². The third kappa shape index (κ3) is 1.42. The molecule has 0 atom stereocenters. The molecule has 3 heteroatoms. The summed E-state index contributed by atoms with van der Waals surface area (Å²) in [6.07, 6.45) is 3.62. The monoisotopic (exact) mass is 187 g/mol. The van der Waals surface area contributed by atoms with E-state index in [0.717, 1.165) is 4.47 Å². The lowest BCUT2D eigenvalue weighted by Gasteiger charge is -1.90. The predicted octanol–water partition coefficient (Wildman–Crippen LogP) is 0.759. The van der Waals surface area contributed by atoms with Crippen molar-refractivity contribution in [1.82, 2.24) is 0 Å². The van der Waals surface area contributed by atoms with Crippen LogP contribution >= 0.6 is 15.9 Å². The lowest BCUT2D eigenvalue weighted by molar-refractivity contribution is -0.639. The number of nitrogens with zero attached hydrogens (tertiary/aromatic N) is 1. The maximum Gasteiger partial charge on any atom is 0.213 e. The zero-order valence-electron chi connectivity index (χ0n) is 5.13. The fourth-order valence-corrected chi connectivity index (χ4v) is 0.922. The Kier molecular flexibility index (Phi) is 1.71. The Labute approximate surface area is 62.4 Å². The maximum absolute atomic E-state index is 5.41. The first-order valence-electron chi connectivity index (χ1n) is 2.62. The van der Waals surface area contributed by atoms with Crippen LogP contribution in [-0.2, 0) is 0 Å². The lowest BCUT2D eigenvalue weighted by atomic mass is 10.3. The van der Waals surface area contributed by atoms with Gasteiger partial charge in [0.15, 0.2) is 6.20 Å².